The molecule has 5 heteroatoms. The molecule has 0 aliphatic carbocycles. The van der Waals surface area contributed by atoms with Crippen molar-refractivity contribution in [1.29, 1.82) is 0 Å². The maximum absolute atomic E-state index is 11.1. The van der Waals surface area contributed by atoms with Crippen LogP contribution in [0.15, 0.2) is 48.7 Å². The summed E-state index contributed by atoms with van der Waals surface area (Å²) >= 11 is 0. The van der Waals surface area contributed by atoms with Crippen LogP contribution in [-0.2, 0) is 0 Å². The monoisotopic (exact) mass is 367 g/mol. The zero-order valence-electron chi connectivity index (χ0n) is 15.4. The van der Waals surface area contributed by atoms with Gasteiger partial charge in [0.05, 0.1) is 11.1 Å². The maximum Gasteiger partial charge on any atom is 0.335 e. The van der Waals surface area contributed by atoms with E-state index < -0.39 is 5.97 Å². The lowest BCUT2D eigenvalue weighted by atomic mass is 10.0. The minimum absolute atomic E-state index is 0.250. The molecule has 0 atom stereocenters. The number of anilines is 1. The summed E-state index contributed by atoms with van der Waals surface area (Å²) < 4.78 is 0. The van der Waals surface area contributed by atoms with Gasteiger partial charge in [-0.15, -0.1) is 0 Å². The Morgan fingerprint density at radius 3 is 2.61 bits per heavy atom. The van der Waals surface area contributed by atoms with Crippen molar-refractivity contribution in [2.24, 2.45) is 0 Å². The number of pyridine rings is 2. The molecule has 0 fully saturated rings. The van der Waals surface area contributed by atoms with Crippen LogP contribution in [0.1, 0.15) is 32.6 Å². The van der Waals surface area contributed by atoms with Crippen molar-refractivity contribution in [3.05, 3.63) is 76.5 Å². The van der Waals surface area contributed by atoms with Crippen molar-refractivity contribution in [1.82, 2.24) is 9.97 Å². The standard InChI is InChI=1S/C23H17N3O2/c1-13-3-8-18-19-11-15(12-25-21(19)22(24)26-20(18)9-13)4-5-16-6-7-17(23(27)28)10-14(16)2/h3,6-12H,1-2H3,(H2,24,26)(H,27,28). The fourth-order valence-electron chi connectivity index (χ4n) is 3.16. The fourth-order valence-corrected chi connectivity index (χ4v) is 3.16. The van der Waals surface area contributed by atoms with Crippen molar-refractivity contribution in [3.8, 4) is 11.8 Å². The number of carboxylic acid groups (broad SMARTS) is 1. The summed E-state index contributed by atoms with van der Waals surface area (Å²) in [5.74, 6) is 5.67. The number of nitrogen functional groups attached to an aromatic ring is 1. The number of nitrogens with zero attached hydrogens (tertiary/aromatic N) is 2. The molecule has 0 spiro atoms. The summed E-state index contributed by atoms with van der Waals surface area (Å²) in [6, 6.07) is 12.9. The molecule has 0 unspecified atom stereocenters. The van der Waals surface area contributed by atoms with Gasteiger partial charge in [0.2, 0.25) is 0 Å². The maximum atomic E-state index is 11.1. The van der Waals surface area contributed by atoms with Gasteiger partial charge in [0.25, 0.3) is 0 Å². The smallest absolute Gasteiger partial charge is 0.335 e. The number of aromatic nitrogens is 2. The van der Waals surface area contributed by atoms with Crippen LogP contribution >= 0.6 is 0 Å². The van der Waals surface area contributed by atoms with E-state index in [4.69, 9.17) is 10.8 Å². The van der Waals surface area contributed by atoms with E-state index in [1.807, 2.05) is 38.1 Å². The van der Waals surface area contributed by atoms with Crippen LogP contribution in [0.3, 0.4) is 0 Å². The number of hydrogen-bond acceptors (Lipinski definition) is 4. The van der Waals surface area contributed by atoms with E-state index in [-0.39, 0.29) is 5.56 Å². The fraction of sp³-hybridized carbons (Fsp3) is 0.0870. The van der Waals surface area contributed by atoms with E-state index in [2.05, 4.69) is 21.8 Å². The average molecular weight is 367 g/mol. The van der Waals surface area contributed by atoms with Crippen LogP contribution in [0.2, 0.25) is 0 Å². The highest BCUT2D eigenvalue weighted by atomic mass is 16.4. The third-order valence-electron chi connectivity index (χ3n) is 4.63. The SMILES string of the molecule is Cc1ccc2c(c1)nc(N)c1ncc(C#Cc3ccc(C(=O)O)cc3C)cc12. The van der Waals surface area contributed by atoms with Crippen molar-refractivity contribution in [2.75, 3.05) is 5.73 Å². The van der Waals surface area contributed by atoms with Crippen LogP contribution in [0, 0.1) is 25.7 Å². The van der Waals surface area contributed by atoms with Gasteiger partial charge < -0.3 is 10.8 Å². The molecule has 136 valence electrons. The summed E-state index contributed by atoms with van der Waals surface area (Å²) in [5, 5.41) is 11.0. The van der Waals surface area contributed by atoms with Crippen molar-refractivity contribution in [3.63, 3.8) is 0 Å². The molecule has 0 aliphatic heterocycles. The van der Waals surface area contributed by atoms with E-state index in [9.17, 15) is 4.79 Å². The molecule has 0 saturated heterocycles. The molecular formula is C23H17N3O2. The number of nitrogens with two attached hydrogens (primary N) is 1. The second kappa shape index (κ2) is 6.67. The Labute approximate surface area is 161 Å². The number of rotatable bonds is 1. The van der Waals surface area contributed by atoms with E-state index in [1.54, 1.807) is 24.4 Å². The number of aromatic carboxylic acids is 1. The third-order valence-corrected chi connectivity index (χ3v) is 4.63. The van der Waals surface area contributed by atoms with Crippen LogP contribution in [0.25, 0.3) is 21.8 Å². The molecule has 4 rings (SSSR count). The van der Waals surface area contributed by atoms with Gasteiger partial charge in [0.1, 0.15) is 5.52 Å². The summed E-state index contributed by atoms with van der Waals surface area (Å²) in [4.78, 5) is 20.0. The molecule has 2 aromatic carbocycles. The summed E-state index contributed by atoms with van der Waals surface area (Å²) in [7, 11) is 0. The summed E-state index contributed by atoms with van der Waals surface area (Å²) in [6.45, 7) is 3.86. The van der Waals surface area contributed by atoms with Crippen LogP contribution in [0.5, 0.6) is 0 Å². The molecule has 2 heterocycles. The minimum atomic E-state index is -0.949. The van der Waals surface area contributed by atoms with E-state index in [0.717, 1.165) is 38.5 Å². The van der Waals surface area contributed by atoms with Crippen molar-refractivity contribution < 1.29 is 9.90 Å². The summed E-state index contributed by atoms with van der Waals surface area (Å²) in [6.07, 6.45) is 1.67. The van der Waals surface area contributed by atoms with Gasteiger partial charge >= 0.3 is 5.97 Å². The number of carbonyl (C=O) groups is 1. The number of benzene rings is 2. The second-order valence-corrected chi connectivity index (χ2v) is 6.72. The Hall–Kier alpha value is -3.91. The van der Waals surface area contributed by atoms with Crippen LogP contribution in [0.4, 0.5) is 5.82 Å². The first-order chi connectivity index (χ1) is 13.4. The quantitative estimate of drug-likeness (QED) is 0.391. The molecular weight excluding hydrogens is 350 g/mol. The Morgan fingerprint density at radius 1 is 1.04 bits per heavy atom. The summed E-state index contributed by atoms with van der Waals surface area (Å²) in [5.41, 5.74) is 11.3. The van der Waals surface area contributed by atoms with E-state index in [0.29, 0.717) is 11.3 Å². The van der Waals surface area contributed by atoms with Gasteiger partial charge in [-0.3, -0.25) is 4.98 Å². The van der Waals surface area contributed by atoms with Crippen molar-refractivity contribution >= 4 is 33.6 Å². The molecule has 5 nitrogen and oxygen atoms in total. The Morgan fingerprint density at radius 2 is 1.86 bits per heavy atom. The lowest BCUT2D eigenvalue weighted by Gasteiger charge is -2.07. The van der Waals surface area contributed by atoms with E-state index in [1.165, 1.54) is 0 Å². The largest absolute Gasteiger partial charge is 0.478 e. The van der Waals surface area contributed by atoms with Gasteiger partial charge in [-0.05, 0) is 55.3 Å². The molecule has 0 aliphatic rings. The van der Waals surface area contributed by atoms with Crippen LogP contribution < -0.4 is 5.73 Å². The molecule has 0 bridgehead atoms. The number of carboxylic acids is 1. The molecule has 28 heavy (non-hydrogen) atoms. The average Bonchev–Trinajstić information content (AvgIpc) is 2.66. The van der Waals surface area contributed by atoms with Gasteiger partial charge in [0.15, 0.2) is 5.82 Å². The first-order valence-electron chi connectivity index (χ1n) is 8.74. The lowest BCUT2D eigenvalue weighted by Crippen LogP contribution is -1.97. The highest BCUT2D eigenvalue weighted by Crippen LogP contribution is 2.27. The van der Waals surface area contributed by atoms with Crippen molar-refractivity contribution in [2.45, 2.75) is 13.8 Å². The highest BCUT2D eigenvalue weighted by molar-refractivity contribution is 6.08. The molecule has 2 aromatic heterocycles. The Bertz CT molecular complexity index is 1330. The van der Waals surface area contributed by atoms with Gasteiger partial charge in [0, 0.05) is 28.1 Å². The number of aryl methyl sites for hydroxylation is 2. The van der Waals surface area contributed by atoms with E-state index >= 15 is 0 Å². The normalized spacial score (nSPS) is 10.6. The number of hydrogen-bond donors (Lipinski definition) is 2. The molecule has 0 amide bonds. The van der Waals surface area contributed by atoms with Gasteiger partial charge in [-0.2, -0.15) is 0 Å². The first-order valence-corrected chi connectivity index (χ1v) is 8.74. The van der Waals surface area contributed by atoms with Crippen LogP contribution in [-0.4, -0.2) is 21.0 Å². The topological polar surface area (TPSA) is 89.1 Å². The third kappa shape index (κ3) is 3.12. The predicted octanol–water partition coefficient (Wildman–Crippen LogP) is 4.08. The molecule has 4 aromatic rings. The lowest BCUT2D eigenvalue weighted by molar-refractivity contribution is 0.0697. The Balaban J connectivity index is 1.82. The zero-order chi connectivity index (χ0) is 19.8. The molecule has 3 N–H and O–H groups in total. The zero-order valence-corrected chi connectivity index (χ0v) is 15.4. The minimum Gasteiger partial charge on any atom is -0.478 e. The first kappa shape index (κ1) is 17.5. The van der Waals surface area contributed by atoms with Gasteiger partial charge in [-0.25, -0.2) is 9.78 Å². The Kier molecular flexibility index (Phi) is 4.17. The highest BCUT2D eigenvalue weighted by Gasteiger charge is 2.08. The molecule has 0 saturated carbocycles. The second-order valence-electron chi connectivity index (χ2n) is 6.72. The number of fused-ring (bicyclic) bond motifs is 3. The van der Waals surface area contributed by atoms with Gasteiger partial charge in [-0.1, -0.05) is 24.0 Å². The predicted molar refractivity (Wildman–Crippen MR) is 110 cm³/mol. The molecule has 0 radical (unpaired) electrons.